The normalized spacial score (nSPS) is 14.2. The topological polar surface area (TPSA) is 69.2 Å². The average Bonchev–Trinajstić information content (AvgIpc) is 2.49. The summed E-state index contributed by atoms with van der Waals surface area (Å²) in [6.45, 7) is 0. The second kappa shape index (κ2) is 4.84. The molecule has 0 bridgehead atoms. The van der Waals surface area contributed by atoms with Crippen molar-refractivity contribution >= 4 is 16.0 Å². The zero-order valence-corrected chi connectivity index (χ0v) is 11.3. The Morgan fingerprint density at radius 2 is 2.00 bits per heavy atom. The quantitative estimate of drug-likeness (QED) is 0.478. The van der Waals surface area contributed by atoms with E-state index in [4.69, 9.17) is 0 Å². The summed E-state index contributed by atoms with van der Waals surface area (Å²) in [5.41, 5.74) is 2.54. The molecule has 0 unspecified atom stereocenters. The zero-order chi connectivity index (χ0) is 10.2. The molecule has 1 aromatic carbocycles. The maximum atomic E-state index is 10.5. The van der Waals surface area contributed by atoms with Gasteiger partial charge in [0.1, 0.15) is 0 Å². The van der Waals surface area contributed by atoms with Gasteiger partial charge in [0, 0.05) is 0 Å². The Hall–Kier alpha value is -0.0700. The van der Waals surface area contributed by atoms with E-state index in [2.05, 4.69) is 0 Å². The standard InChI is InChI=1S/C9H11NO3S.Na/c11-14(12,13)10-9-6-2-4-7-3-1-5-8(7)9;/h2,4,6,10H,1,3,5H2,(H,11,12,13);/q;+1/p-1. The average molecular weight is 235 g/mol. The number of aryl methyl sites for hydroxylation is 1. The Morgan fingerprint density at radius 3 is 2.67 bits per heavy atom. The van der Waals surface area contributed by atoms with Crippen LogP contribution in [0.3, 0.4) is 0 Å². The predicted molar refractivity (Wildman–Crippen MR) is 51.8 cm³/mol. The Kier molecular flexibility index (Phi) is 4.20. The number of anilines is 1. The number of rotatable bonds is 2. The van der Waals surface area contributed by atoms with Crippen LogP contribution in [-0.4, -0.2) is 13.0 Å². The molecule has 0 radical (unpaired) electrons. The first-order chi connectivity index (χ1) is 6.56. The van der Waals surface area contributed by atoms with E-state index in [1.165, 1.54) is 0 Å². The predicted octanol–water partition coefficient (Wildman–Crippen LogP) is -1.95. The van der Waals surface area contributed by atoms with E-state index >= 15 is 0 Å². The van der Waals surface area contributed by atoms with Gasteiger partial charge in [0.15, 0.2) is 10.3 Å². The molecule has 6 heteroatoms. The zero-order valence-electron chi connectivity index (χ0n) is 8.49. The summed E-state index contributed by atoms with van der Waals surface area (Å²) in [6, 6.07) is 5.35. The second-order valence-corrected chi connectivity index (χ2v) is 4.47. The Morgan fingerprint density at radius 1 is 1.27 bits per heavy atom. The molecule has 1 aromatic rings. The maximum Gasteiger partial charge on any atom is 1.00 e. The van der Waals surface area contributed by atoms with Gasteiger partial charge in [-0.05, 0) is 36.5 Å². The first-order valence-electron chi connectivity index (χ1n) is 4.41. The molecule has 0 fully saturated rings. The minimum atomic E-state index is -4.40. The summed E-state index contributed by atoms with van der Waals surface area (Å²) in [6.07, 6.45) is 2.82. The molecule has 0 saturated carbocycles. The Balaban J connectivity index is 0.00000112. The summed E-state index contributed by atoms with van der Waals surface area (Å²) < 4.78 is 33.6. The Bertz CT molecular complexity index is 458. The summed E-state index contributed by atoms with van der Waals surface area (Å²) in [4.78, 5) is 0. The van der Waals surface area contributed by atoms with E-state index in [1.807, 2.05) is 10.8 Å². The molecule has 4 nitrogen and oxygen atoms in total. The number of hydrogen-bond acceptors (Lipinski definition) is 3. The van der Waals surface area contributed by atoms with Gasteiger partial charge < -0.3 is 4.55 Å². The molecule has 76 valence electrons. The fourth-order valence-electron chi connectivity index (χ4n) is 1.85. The van der Waals surface area contributed by atoms with E-state index in [1.54, 1.807) is 12.1 Å². The van der Waals surface area contributed by atoms with Crippen LogP contribution in [0.5, 0.6) is 0 Å². The molecular formula is C9H10NNaO3S. The van der Waals surface area contributed by atoms with Crippen LogP contribution in [-0.2, 0) is 23.1 Å². The molecule has 0 atom stereocenters. The van der Waals surface area contributed by atoms with Gasteiger partial charge in [0.25, 0.3) is 0 Å². The minimum absolute atomic E-state index is 0. The van der Waals surface area contributed by atoms with Crippen molar-refractivity contribution in [2.24, 2.45) is 0 Å². The molecule has 0 aromatic heterocycles. The van der Waals surface area contributed by atoms with Gasteiger partial charge in [-0.1, -0.05) is 12.1 Å². The molecular weight excluding hydrogens is 225 g/mol. The SMILES string of the molecule is O=S(=O)([O-])Nc1cccc2c1CCC2.[Na+]. The van der Waals surface area contributed by atoms with Crippen molar-refractivity contribution in [3.8, 4) is 0 Å². The van der Waals surface area contributed by atoms with Crippen LogP contribution in [0.15, 0.2) is 18.2 Å². The molecule has 0 spiro atoms. The van der Waals surface area contributed by atoms with Gasteiger partial charge in [-0.25, -0.2) is 8.42 Å². The number of nitrogens with one attached hydrogen (secondary N) is 1. The molecule has 15 heavy (non-hydrogen) atoms. The van der Waals surface area contributed by atoms with Gasteiger partial charge in [-0.15, -0.1) is 0 Å². The molecule has 1 aliphatic rings. The molecule has 1 aliphatic carbocycles. The molecule has 0 saturated heterocycles. The molecule has 2 rings (SSSR count). The van der Waals surface area contributed by atoms with Crippen LogP contribution in [0, 0.1) is 0 Å². The third kappa shape index (κ3) is 3.19. The van der Waals surface area contributed by atoms with Crippen molar-refractivity contribution in [3.05, 3.63) is 29.3 Å². The van der Waals surface area contributed by atoms with Gasteiger partial charge >= 0.3 is 29.6 Å². The van der Waals surface area contributed by atoms with E-state index < -0.39 is 10.3 Å². The van der Waals surface area contributed by atoms with E-state index in [9.17, 15) is 13.0 Å². The molecule has 0 aliphatic heterocycles. The van der Waals surface area contributed by atoms with Crippen molar-refractivity contribution in [2.45, 2.75) is 19.3 Å². The van der Waals surface area contributed by atoms with Crippen LogP contribution in [0.1, 0.15) is 17.5 Å². The van der Waals surface area contributed by atoms with Crippen LogP contribution >= 0.6 is 0 Å². The van der Waals surface area contributed by atoms with Gasteiger partial charge in [-0.2, -0.15) is 0 Å². The van der Waals surface area contributed by atoms with E-state index in [-0.39, 0.29) is 29.6 Å². The van der Waals surface area contributed by atoms with Crippen LogP contribution < -0.4 is 34.3 Å². The van der Waals surface area contributed by atoms with Gasteiger partial charge in [0.05, 0.1) is 5.69 Å². The van der Waals surface area contributed by atoms with Crippen LogP contribution in [0.25, 0.3) is 0 Å². The van der Waals surface area contributed by atoms with Crippen LogP contribution in [0.4, 0.5) is 5.69 Å². The minimum Gasteiger partial charge on any atom is -0.731 e. The summed E-state index contributed by atoms with van der Waals surface area (Å²) in [5, 5.41) is 0. The van der Waals surface area contributed by atoms with Crippen molar-refractivity contribution in [2.75, 3.05) is 4.72 Å². The first-order valence-corrected chi connectivity index (χ1v) is 5.81. The fourth-order valence-corrected chi connectivity index (χ4v) is 2.31. The van der Waals surface area contributed by atoms with E-state index in [0.29, 0.717) is 5.69 Å². The second-order valence-electron chi connectivity index (χ2n) is 3.35. The first kappa shape index (κ1) is 13.0. The van der Waals surface area contributed by atoms with Crippen molar-refractivity contribution in [3.63, 3.8) is 0 Å². The van der Waals surface area contributed by atoms with Crippen molar-refractivity contribution in [1.82, 2.24) is 0 Å². The largest absolute Gasteiger partial charge is 1.00 e. The maximum absolute atomic E-state index is 10.5. The monoisotopic (exact) mass is 235 g/mol. The van der Waals surface area contributed by atoms with Crippen LogP contribution in [0.2, 0.25) is 0 Å². The molecule has 0 amide bonds. The fraction of sp³-hybridized carbons (Fsp3) is 0.333. The smallest absolute Gasteiger partial charge is 0.731 e. The summed E-state index contributed by atoms with van der Waals surface area (Å²) >= 11 is 0. The molecule has 1 N–H and O–H groups in total. The summed E-state index contributed by atoms with van der Waals surface area (Å²) in [5.74, 6) is 0. The molecule has 0 heterocycles. The van der Waals surface area contributed by atoms with Crippen molar-refractivity contribution < 1.29 is 42.5 Å². The summed E-state index contributed by atoms with van der Waals surface area (Å²) in [7, 11) is -4.40. The Labute approximate surface area is 111 Å². The third-order valence-electron chi connectivity index (χ3n) is 2.38. The van der Waals surface area contributed by atoms with Crippen molar-refractivity contribution in [1.29, 1.82) is 0 Å². The van der Waals surface area contributed by atoms with E-state index in [0.717, 1.165) is 30.4 Å². The van der Waals surface area contributed by atoms with Gasteiger partial charge in [0.2, 0.25) is 0 Å². The number of fused-ring (bicyclic) bond motifs is 1. The number of hydrogen-bond donors (Lipinski definition) is 1. The third-order valence-corrected chi connectivity index (χ3v) is 2.85. The number of benzene rings is 1. The van der Waals surface area contributed by atoms with Gasteiger partial charge in [-0.3, -0.25) is 4.72 Å².